The molecule has 0 aromatic carbocycles. The minimum absolute atomic E-state index is 0.523. The zero-order chi connectivity index (χ0) is 17.9. The molecule has 2 N–H and O–H groups in total. The van der Waals surface area contributed by atoms with E-state index < -0.39 is 0 Å². The zero-order valence-electron chi connectivity index (χ0n) is 15.9. The van der Waals surface area contributed by atoms with Crippen molar-refractivity contribution >= 4 is 5.96 Å². The Labute approximate surface area is 151 Å². The molecule has 1 unspecified atom stereocenters. The number of ether oxygens (including phenoxy) is 1. The third kappa shape index (κ3) is 6.28. The van der Waals surface area contributed by atoms with Crippen molar-refractivity contribution in [2.75, 3.05) is 46.4 Å². The number of guanidine groups is 1. The molecule has 0 saturated carbocycles. The SMILES string of the molecule is CCNC(=NCC1CCCN1CCOC)NCCn1cnnc1CC. The van der Waals surface area contributed by atoms with Crippen LogP contribution in [0.5, 0.6) is 0 Å². The van der Waals surface area contributed by atoms with Crippen LogP contribution in [0.3, 0.4) is 0 Å². The van der Waals surface area contributed by atoms with Gasteiger partial charge < -0.3 is 19.9 Å². The highest BCUT2D eigenvalue weighted by Crippen LogP contribution is 2.16. The molecular formula is C17H33N7O. The van der Waals surface area contributed by atoms with Crippen molar-refractivity contribution in [1.29, 1.82) is 0 Å². The second-order valence-corrected chi connectivity index (χ2v) is 6.27. The summed E-state index contributed by atoms with van der Waals surface area (Å²) < 4.78 is 7.29. The van der Waals surface area contributed by atoms with Gasteiger partial charge in [-0.3, -0.25) is 9.89 Å². The average molecular weight is 351 g/mol. The van der Waals surface area contributed by atoms with E-state index in [0.29, 0.717) is 6.04 Å². The fourth-order valence-electron chi connectivity index (χ4n) is 3.18. The Kier molecular flexibility index (Phi) is 8.68. The van der Waals surface area contributed by atoms with Crippen molar-refractivity contribution in [2.24, 2.45) is 4.99 Å². The number of methoxy groups -OCH3 is 1. The number of hydrogen-bond donors (Lipinski definition) is 2. The summed E-state index contributed by atoms with van der Waals surface area (Å²) in [5.74, 6) is 1.90. The highest BCUT2D eigenvalue weighted by molar-refractivity contribution is 5.79. The molecule has 0 amide bonds. The van der Waals surface area contributed by atoms with Crippen LogP contribution in [0.2, 0.25) is 0 Å². The summed E-state index contributed by atoms with van der Waals surface area (Å²) in [6.07, 6.45) is 5.15. The van der Waals surface area contributed by atoms with Crippen molar-refractivity contribution in [3.63, 3.8) is 0 Å². The van der Waals surface area contributed by atoms with Crippen LogP contribution in [0.4, 0.5) is 0 Å². The van der Waals surface area contributed by atoms with E-state index in [2.05, 4.69) is 44.1 Å². The molecule has 1 saturated heterocycles. The summed E-state index contributed by atoms with van der Waals surface area (Å²) in [6.45, 7) is 10.4. The monoisotopic (exact) mass is 351 g/mol. The van der Waals surface area contributed by atoms with Crippen LogP contribution >= 0.6 is 0 Å². The van der Waals surface area contributed by atoms with Crippen molar-refractivity contribution in [3.05, 3.63) is 12.2 Å². The number of rotatable bonds is 10. The predicted octanol–water partition coefficient (Wildman–Crippen LogP) is 0.506. The molecule has 1 aliphatic rings. The lowest BCUT2D eigenvalue weighted by Gasteiger charge is -2.23. The zero-order valence-corrected chi connectivity index (χ0v) is 15.9. The minimum atomic E-state index is 0.523. The molecule has 2 rings (SSSR count). The van der Waals surface area contributed by atoms with Gasteiger partial charge in [0.1, 0.15) is 12.2 Å². The maximum atomic E-state index is 5.21. The van der Waals surface area contributed by atoms with Gasteiger partial charge in [0.25, 0.3) is 0 Å². The van der Waals surface area contributed by atoms with Crippen LogP contribution in [0, 0.1) is 0 Å². The van der Waals surface area contributed by atoms with Gasteiger partial charge in [-0.2, -0.15) is 0 Å². The molecule has 0 spiro atoms. The highest BCUT2D eigenvalue weighted by atomic mass is 16.5. The van der Waals surface area contributed by atoms with Gasteiger partial charge in [0.2, 0.25) is 0 Å². The van der Waals surface area contributed by atoms with E-state index in [1.54, 1.807) is 13.4 Å². The van der Waals surface area contributed by atoms with Crippen LogP contribution in [0.1, 0.15) is 32.5 Å². The predicted molar refractivity (Wildman–Crippen MR) is 99.9 cm³/mol. The summed E-state index contributed by atoms with van der Waals surface area (Å²) >= 11 is 0. The van der Waals surface area contributed by atoms with Crippen LogP contribution in [-0.4, -0.2) is 78.1 Å². The third-order valence-electron chi connectivity index (χ3n) is 4.54. The number of aliphatic imine (C=N–C) groups is 1. The number of likely N-dealkylation sites (tertiary alicyclic amines) is 1. The average Bonchev–Trinajstić information content (AvgIpc) is 3.26. The fourth-order valence-corrected chi connectivity index (χ4v) is 3.18. The van der Waals surface area contributed by atoms with E-state index in [1.807, 2.05) is 0 Å². The molecule has 1 fully saturated rings. The summed E-state index contributed by atoms with van der Waals surface area (Å²) in [7, 11) is 1.76. The number of aromatic nitrogens is 3. The Hall–Kier alpha value is -1.67. The molecule has 1 aliphatic heterocycles. The molecular weight excluding hydrogens is 318 g/mol. The molecule has 2 heterocycles. The minimum Gasteiger partial charge on any atom is -0.383 e. The second-order valence-electron chi connectivity index (χ2n) is 6.27. The van der Waals surface area contributed by atoms with Crippen molar-refractivity contribution in [2.45, 2.75) is 45.7 Å². The van der Waals surface area contributed by atoms with Gasteiger partial charge in [-0.25, -0.2) is 0 Å². The normalized spacial score (nSPS) is 18.7. The fraction of sp³-hybridized carbons (Fsp3) is 0.824. The van der Waals surface area contributed by atoms with E-state index in [4.69, 9.17) is 9.73 Å². The highest BCUT2D eigenvalue weighted by Gasteiger charge is 2.23. The lowest BCUT2D eigenvalue weighted by atomic mass is 10.2. The van der Waals surface area contributed by atoms with E-state index in [1.165, 1.54) is 12.8 Å². The topological polar surface area (TPSA) is 79.6 Å². The maximum absolute atomic E-state index is 5.21. The molecule has 142 valence electrons. The summed E-state index contributed by atoms with van der Waals surface area (Å²) in [4.78, 5) is 7.27. The van der Waals surface area contributed by atoms with E-state index >= 15 is 0 Å². The standard InChI is InChI=1S/C17H33N7O/c1-4-16-22-21-14-24(16)10-8-19-17(18-5-2)20-13-15-7-6-9-23(15)11-12-25-3/h14-15H,4-13H2,1-3H3,(H2,18,19,20). The maximum Gasteiger partial charge on any atom is 0.191 e. The largest absolute Gasteiger partial charge is 0.383 e. The molecule has 25 heavy (non-hydrogen) atoms. The van der Waals surface area contributed by atoms with E-state index in [0.717, 1.165) is 64.1 Å². The van der Waals surface area contributed by atoms with Crippen molar-refractivity contribution < 1.29 is 4.74 Å². The number of nitrogens with one attached hydrogen (secondary N) is 2. The Balaban J connectivity index is 1.81. The first-order valence-electron chi connectivity index (χ1n) is 9.40. The molecule has 8 heteroatoms. The number of aryl methyl sites for hydroxylation is 1. The molecule has 0 radical (unpaired) electrons. The van der Waals surface area contributed by atoms with Crippen molar-refractivity contribution in [1.82, 2.24) is 30.3 Å². The Morgan fingerprint density at radius 2 is 2.24 bits per heavy atom. The molecule has 1 aromatic heterocycles. The van der Waals surface area contributed by atoms with E-state index in [-0.39, 0.29) is 0 Å². The van der Waals surface area contributed by atoms with Crippen molar-refractivity contribution in [3.8, 4) is 0 Å². The number of hydrogen-bond acceptors (Lipinski definition) is 5. The summed E-state index contributed by atoms with van der Waals surface area (Å²) in [5, 5.41) is 14.8. The van der Waals surface area contributed by atoms with Gasteiger partial charge in [-0.05, 0) is 26.3 Å². The lowest BCUT2D eigenvalue weighted by molar-refractivity contribution is 0.142. The smallest absolute Gasteiger partial charge is 0.191 e. The van der Waals surface area contributed by atoms with Gasteiger partial charge in [0.15, 0.2) is 5.96 Å². The van der Waals surface area contributed by atoms with Crippen LogP contribution in [0.15, 0.2) is 11.3 Å². The van der Waals surface area contributed by atoms with Gasteiger partial charge in [0.05, 0.1) is 13.2 Å². The summed E-state index contributed by atoms with van der Waals surface area (Å²) in [5.41, 5.74) is 0. The lowest BCUT2D eigenvalue weighted by Crippen LogP contribution is -2.40. The van der Waals surface area contributed by atoms with Gasteiger partial charge >= 0.3 is 0 Å². The van der Waals surface area contributed by atoms with Crippen LogP contribution in [0.25, 0.3) is 0 Å². The van der Waals surface area contributed by atoms with Crippen LogP contribution < -0.4 is 10.6 Å². The molecule has 8 nitrogen and oxygen atoms in total. The quantitative estimate of drug-likeness (QED) is 0.472. The number of nitrogens with zero attached hydrogens (tertiary/aromatic N) is 5. The molecule has 1 atom stereocenters. The van der Waals surface area contributed by atoms with E-state index in [9.17, 15) is 0 Å². The molecule has 1 aromatic rings. The first-order valence-corrected chi connectivity index (χ1v) is 9.40. The first-order chi connectivity index (χ1) is 12.3. The Morgan fingerprint density at radius 3 is 3.00 bits per heavy atom. The van der Waals surface area contributed by atoms with Gasteiger partial charge in [0, 0.05) is 45.8 Å². The van der Waals surface area contributed by atoms with Crippen LogP contribution in [-0.2, 0) is 17.7 Å². The van der Waals surface area contributed by atoms with Gasteiger partial charge in [-0.1, -0.05) is 6.92 Å². The van der Waals surface area contributed by atoms with Gasteiger partial charge in [-0.15, -0.1) is 10.2 Å². The Bertz CT molecular complexity index is 517. The molecule has 0 aliphatic carbocycles. The molecule has 0 bridgehead atoms. The second kappa shape index (κ2) is 11.0. The first kappa shape index (κ1) is 19.7. The summed E-state index contributed by atoms with van der Waals surface area (Å²) in [6, 6.07) is 0.523. The Morgan fingerprint density at radius 1 is 1.36 bits per heavy atom. The third-order valence-corrected chi connectivity index (χ3v) is 4.54.